The summed E-state index contributed by atoms with van der Waals surface area (Å²) in [6.45, 7) is 4.51. The van der Waals surface area contributed by atoms with E-state index in [-0.39, 0.29) is 0 Å². The molecule has 0 fully saturated rings. The molecule has 0 saturated heterocycles. The van der Waals surface area contributed by atoms with Crippen LogP contribution in [0.25, 0.3) is 6.08 Å². The second-order valence-electron chi connectivity index (χ2n) is 3.78. The van der Waals surface area contributed by atoms with Crippen LogP contribution in [0, 0.1) is 0 Å². The van der Waals surface area contributed by atoms with E-state index in [1.807, 2.05) is 0 Å². The van der Waals surface area contributed by atoms with Crippen molar-refractivity contribution in [3.63, 3.8) is 0 Å². The molecule has 0 radical (unpaired) electrons. The average Bonchev–Trinajstić information content (AvgIpc) is 2.56. The Hall–Kier alpha value is -0.560. The van der Waals surface area contributed by atoms with E-state index in [0.717, 1.165) is 0 Å². The van der Waals surface area contributed by atoms with E-state index in [9.17, 15) is 0 Å². The molecule has 1 aromatic rings. The van der Waals surface area contributed by atoms with Gasteiger partial charge in [-0.1, -0.05) is 53.6 Å². The monoisotopic (exact) mass is 250 g/mol. The smallest absolute Gasteiger partial charge is 0.0219 e. The van der Waals surface area contributed by atoms with Gasteiger partial charge in [0.15, 0.2) is 0 Å². The van der Waals surface area contributed by atoms with Crippen LogP contribution in [0.2, 0.25) is 0 Å². The fourth-order valence-corrected chi connectivity index (χ4v) is 3.01. The minimum Gasteiger partial charge on any atom is -0.0645 e. The fourth-order valence-electron chi connectivity index (χ4n) is 2.35. The Morgan fingerprint density at radius 2 is 2.07 bits per heavy atom. The van der Waals surface area contributed by atoms with Crippen LogP contribution in [0.3, 0.4) is 0 Å². The van der Waals surface area contributed by atoms with Gasteiger partial charge < -0.3 is 0 Å². The maximum atomic E-state index is 3.65. The Labute approximate surface area is 94.2 Å². The molecule has 0 amide bonds. The van der Waals surface area contributed by atoms with Crippen molar-refractivity contribution in [1.29, 1.82) is 0 Å². The minimum atomic E-state index is 0.644. The van der Waals surface area contributed by atoms with Crippen LogP contribution < -0.4 is 0 Å². The van der Waals surface area contributed by atoms with Gasteiger partial charge >= 0.3 is 0 Å². The van der Waals surface area contributed by atoms with Gasteiger partial charge in [-0.25, -0.2) is 0 Å². The van der Waals surface area contributed by atoms with Gasteiger partial charge in [0.25, 0.3) is 0 Å². The predicted molar refractivity (Wildman–Crippen MR) is 65.4 cm³/mol. The number of hydrogen-bond donors (Lipinski definition) is 0. The van der Waals surface area contributed by atoms with Crippen molar-refractivity contribution in [3.05, 3.63) is 39.4 Å². The molecule has 1 unspecified atom stereocenters. The molecule has 1 atom stereocenters. The zero-order valence-electron chi connectivity index (χ0n) is 8.68. The van der Waals surface area contributed by atoms with Crippen molar-refractivity contribution in [2.75, 3.05) is 0 Å². The zero-order valence-corrected chi connectivity index (χ0v) is 10.3. The molecular formula is C13H15Br. The molecule has 1 aliphatic rings. The molecule has 1 aliphatic carbocycles. The van der Waals surface area contributed by atoms with E-state index in [1.54, 1.807) is 5.57 Å². The molecule has 1 heteroatoms. The summed E-state index contributed by atoms with van der Waals surface area (Å²) >= 11 is 3.65. The Bertz CT molecular complexity index is 377. The molecule has 0 N–H and O–H groups in total. The van der Waals surface area contributed by atoms with Gasteiger partial charge in [0.05, 0.1) is 0 Å². The second kappa shape index (κ2) is 3.90. The number of halogens is 1. The van der Waals surface area contributed by atoms with E-state index in [2.05, 4.69) is 54.1 Å². The van der Waals surface area contributed by atoms with Crippen LogP contribution in [0.5, 0.6) is 0 Å². The van der Waals surface area contributed by atoms with E-state index < -0.39 is 0 Å². The molecule has 1 aromatic carbocycles. The SMILES string of the molecule is CCC1=Cc2cccc(Br)c2C1CC. The van der Waals surface area contributed by atoms with Crippen LogP contribution in [-0.4, -0.2) is 0 Å². The summed E-state index contributed by atoms with van der Waals surface area (Å²) in [4.78, 5) is 0. The van der Waals surface area contributed by atoms with Crippen molar-refractivity contribution in [1.82, 2.24) is 0 Å². The van der Waals surface area contributed by atoms with Crippen LogP contribution in [0.1, 0.15) is 43.7 Å². The lowest BCUT2D eigenvalue weighted by atomic mass is 9.92. The summed E-state index contributed by atoms with van der Waals surface area (Å²) < 4.78 is 1.27. The molecular weight excluding hydrogens is 236 g/mol. The van der Waals surface area contributed by atoms with Gasteiger partial charge in [-0.3, -0.25) is 0 Å². The molecule has 14 heavy (non-hydrogen) atoms. The topological polar surface area (TPSA) is 0 Å². The first kappa shape index (κ1) is 9.97. The van der Waals surface area contributed by atoms with E-state index in [4.69, 9.17) is 0 Å². The molecule has 0 saturated carbocycles. The minimum absolute atomic E-state index is 0.644. The van der Waals surface area contributed by atoms with Gasteiger partial charge in [0, 0.05) is 10.4 Å². The van der Waals surface area contributed by atoms with Gasteiger partial charge in [-0.2, -0.15) is 0 Å². The highest BCUT2D eigenvalue weighted by molar-refractivity contribution is 9.10. The van der Waals surface area contributed by atoms with Gasteiger partial charge in [-0.15, -0.1) is 0 Å². The predicted octanol–water partition coefficient (Wildman–Crippen LogP) is 4.75. The Morgan fingerprint density at radius 3 is 2.71 bits per heavy atom. The quantitative estimate of drug-likeness (QED) is 0.711. The lowest BCUT2D eigenvalue weighted by Crippen LogP contribution is -1.97. The number of benzene rings is 1. The normalized spacial score (nSPS) is 19.4. The van der Waals surface area contributed by atoms with Gasteiger partial charge in [-0.05, 0) is 30.0 Å². The summed E-state index contributed by atoms with van der Waals surface area (Å²) in [7, 11) is 0. The second-order valence-corrected chi connectivity index (χ2v) is 4.63. The summed E-state index contributed by atoms with van der Waals surface area (Å²) in [5.41, 5.74) is 4.48. The molecule has 0 spiro atoms. The van der Waals surface area contributed by atoms with E-state index >= 15 is 0 Å². The first-order chi connectivity index (χ1) is 6.77. The maximum absolute atomic E-state index is 3.65. The lowest BCUT2D eigenvalue weighted by Gasteiger charge is -2.14. The third-order valence-electron chi connectivity index (χ3n) is 3.04. The molecule has 0 bridgehead atoms. The molecule has 0 heterocycles. The average molecular weight is 251 g/mol. The number of allylic oxidation sites excluding steroid dienone is 1. The molecule has 2 rings (SSSR count). The molecule has 0 aliphatic heterocycles. The van der Waals surface area contributed by atoms with E-state index in [0.29, 0.717) is 5.92 Å². The first-order valence-corrected chi connectivity index (χ1v) is 6.06. The Balaban J connectivity index is 2.52. The summed E-state index contributed by atoms with van der Waals surface area (Å²) in [6.07, 6.45) is 4.73. The number of rotatable bonds is 2. The molecule has 0 aromatic heterocycles. The highest BCUT2D eigenvalue weighted by atomic mass is 79.9. The zero-order chi connectivity index (χ0) is 10.1. The molecule has 0 nitrogen and oxygen atoms in total. The number of fused-ring (bicyclic) bond motifs is 1. The first-order valence-electron chi connectivity index (χ1n) is 5.26. The third-order valence-corrected chi connectivity index (χ3v) is 3.73. The van der Waals surface area contributed by atoms with Crippen molar-refractivity contribution in [2.24, 2.45) is 0 Å². The Morgan fingerprint density at radius 1 is 1.29 bits per heavy atom. The van der Waals surface area contributed by atoms with Gasteiger partial charge in [0.1, 0.15) is 0 Å². The third kappa shape index (κ3) is 1.44. The highest BCUT2D eigenvalue weighted by Crippen LogP contribution is 2.43. The van der Waals surface area contributed by atoms with Crippen molar-refractivity contribution < 1.29 is 0 Å². The lowest BCUT2D eigenvalue weighted by molar-refractivity contribution is 0.745. The standard InChI is InChI=1S/C13H15Br/c1-3-9-8-10-6-5-7-12(14)13(10)11(9)4-2/h5-8,11H,3-4H2,1-2H3. The summed E-state index contributed by atoms with van der Waals surface area (Å²) in [5, 5.41) is 0. The molecule has 74 valence electrons. The van der Waals surface area contributed by atoms with E-state index in [1.165, 1.54) is 28.4 Å². The Kier molecular flexibility index (Phi) is 2.78. The number of hydrogen-bond acceptors (Lipinski definition) is 0. The van der Waals surface area contributed by atoms with Crippen LogP contribution in [0.15, 0.2) is 28.2 Å². The highest BCUT2D eigenvalue weighted by Gasteiger charge is 2.24. The van der Waals surface area contributed by atoms with Crippen molar-refractivity contribution >= 4 is 22.0 Å². The largest absolute Gasteiger partial charge is 0.0645 e. The van der Waals surface area contributed by atoms with Crippen LogP contribution >= 0.6 is 15.9 Å². The van der Waals surface area contributed by atoms with Gasteiger partial charge in [0.2, 0.25) is 0 Å². The van der Waals surface area contributed by atoms with Crippen LogP contribution in [-0.2, 0) is 0 Å². The summed E-state index contributed by atoms with van der Waals surface area (Å²) in [6, 6.07) is 6.48. The fraction of sp³-hybridized carbons (Fsp3) is 0.385. The maximum Gasteiger partial charge on any atom is 0.0219 e. The summed E-state index contributed by atoms with van der Waals surface area (Å²) in [5.74, 6) is 0.644. The van der Waals surface area contributed by atoms with Crippen molar-refractivity contribution in [3.8, 4) is 0 Å². The van der Waals surface area contributed by atoms with Crippen LogP contribution in [0.4, 0.5) is 0 Å². The van der Waals surface area contributed by atoms with Crippen molar-refractivity contribution in [2.45, 2.75) is 32.6 Å².